The summed E-state index contributed by atoms with van der Waals surface area (Å²) in [6, 6.07) is 21.2. The van der Waals surface area contributed by atoms with Crippen molar-refractivity contribution in [2.75, 3.05) is 0 Å². The molecule has 0 unspecified atom stereocenters. The van der Waals surface area contributed by atoms with Gasteiger partial charge in [-0.3, -0.25) is 4.79 Å². The van der Waals surface area contributed by atoms with E-state index in [1.54, 1.807) is 18.2 Å². The van der Waals surface area contributed by atoms with E-state index in [1.807, 2.05) is 48.5 Å². The highest BCUT2D eigenvalue weighted by Gasteiger charge is 2.11. The smallest absolute Gasteiger partial charge is 0.300 e. The molecule has 1 aromatic heterocycles. The SMILES string of the molecule is NC(=O)Cc1cccc(Oc2nc3cc(-c4ccccc4)c(Cl)cc3[nH]2)c1. The lowest BCUT2D eigenvalue weighted by Crippen LogP contribution is -2.13. The number of primary amides is 1. The van der Waals surface area contributed by atoms with Gasteiger partial charge in [0, 0.05) is 5.56 Å². The monoisotopic (exact) mass is 377 g/mol. The molecular formula is C21H16ClN3O2. The van der Waals surface area contributed by atoms with Crippen LogP contribution in [0, 0.1) is 0 Å². The maximum atomic E-state index is 11.1. The third-order valence-corrected chi connectivity index (χ3v) is 4.44. The molecule has 0 saturated heterocycles. The number of hydrogen-bond donors (Lipinski definition) is 2. The molecular weight excluding hydrogens is 362 g/mol. The second-order valence-corrected chi connectivity index (χ2v) is 6.56. The first-order valence-corrected chi connectivity index (χ1v) is 8.76. The maximum absolute atomic E-state index is 11.1. The van der Waals surface area contributed by atoms with E-state index in [2.05, 4.69) is 9.97 Å². The van der Waals surface area contributed by atoms with Gasteiger partial charge in [0.05, 0.1) is 22.5 Å². The number of halogens is 1. The van der Waals surface area contributed by atoms with Crippen molar-refractivity contribution in [1.82, 2.24) is 9.97 Å². The van der Waals surface area contributed by atoms with Crippen LogP contribution in [0.25, 0.3) is 22.2 Å². The molecule has 4 aromatic rings. The minimum absolute atomic E-state index is 0.160. The molecule has 5 nitrogen and oxygen atoms in total. The van der Waals surface area contributed by atoms with Crippen molar-refractivity contribution in [1.29, 1.82) is 0 Å². The summed E-state index contributed by atoms with van der Waals surface area (Å²) in [6.45, 7) is 0. The number of nitrogens with one attached hydrogen (secondary N) is 1. The van der Waals surface area contributed by atoms with Gasteiger partial charge in [0.1, 0.15) is 5.75 Å². The maximum Gasteiger partial charge on any atom is 0.300 e. The average molecular weight is 378 g/mol. The molecule has 0 radical (unpaired) electrons. The van der Waals surface area contributed by atoms with Gasteiger partial charge in [-0.1, -0.05) is 54.1 Å². The van der Waals surface area contributed by atoms with E-state index >= 15 is 0 Å². The van der Waals surface area contributed by atoms with Crippen LogP contribution >= 0.6 is 11.6 Å². The molecule has 134 valence electrons. The third kappa shape index (κ3) is 3.78. The molecule has 3 aromatic carbocycles. The van der Waals surface area contributed by atoms with Gasteiger partial charge in [-0.05, 0) is 35.4 Å². The zero-order valence-corrected chi connectivity index (χ0v) is 15.0. The lowest BCUT2D eigenvalue weighted by atomic mass is 10.1. The molecule has 0 aliphatic rings. The molecule has 0 fully saturated rings. The predicted octanol–water partition coefficient (Wildman–Crippen LogP) is 4.70. The molecule has 0 saturated carbocycles. The van der Waals surface area contributed by atoms with Crippen molar-refractivity contribution >= 4 is 28.5 Å². The van der Waals surface area contributed by atoms with Crippen molar-refractivity contribution in [3.05, 3.63) is 77.3 Å². The second-order valence-electron chi connectivity index (χ2n) is 6.15. The first-order chi connectivity index (χ1) is 13.1. The summed E-state index contributed by atoms with van der Waals surface area (Å²) in [7, 11) is 0. The van der Waals surface area contributed by atoms with Crippen LogP contribution in [0.2, 0.25) is 5.02 Å². The van der Waals surface area contributed by atoms with Crippen molar-refractivity contribution in [3.8, 4) is 22.9 Å². The Kier molecular flexibility index (Phi) is 4.52. The lowest BCUT2D eigenvalue weighted by molar-refractivity contribution is -0.117. The molecule has 0 bridgehead atoms. The van der Waals surface area contributed by atoms with Gasteiger partial charge in [-0.25, -0.2) is 0 Å². The Balaban J connectivity index is 1.65. The van der Waals surface area contributed by atoms with Gasteiger partial charge in [0.15, 0.2) is 0 Å². The summed E-state index contributed by atoms with van der Waals surface area (Å²) in [5, 5.41) is 0.632. The van der Waals surface area contributed by atoms with E-state index in [0.717, 1.165) is 27.7 Å². The molecule has 3 N–H and O–H groups in total. The topological polar surface area (TPSA) is 81.0 Å². The van der Waals surface area contributed by atoms with Crippen LogP contribution in [0.1, 0.15) is 5.56 Å². The molecule has 27 heavy (non-hydrogen) atoms. The zero-order valence-electron chi connectivity index (χ0n) is 14.3. The molecule has 6 heteroatoms. The van der Waals surface area contributed by atoms with E-state index < -0.39 is 0 Å². The first kappa shape index (κ1) is 17.1. The Morgan fingerprint density at radius 3 is 2.67 bits per heavy atom. The Morgan fingerprint density at radius 1 is 1.07 bits per heavy atom. The average Bonchev–Trinajstić information content (AvgIpc) is 3.02. The Hall–Kier alpha value is -3.31. The molecule has 1 heterocycles. The summed E-state index contributed by atoms with van der Waals surface area (Å²) in [5.41, 5.74) is 9.49. The number of benzene rings is 3. The normalized spacial score (nSPS) is 10.9. The number of amides is 1. The van der Waals surface area contributed by atoms with E-state index in [4.69, 9.17) is 22.1 Å². The Labute approximate surface area is 160 Å². The fourth-order valence-electron chi connectivity index (χ4n) is 2.93. The minimum Gasteiger partial charge on any atom is -0.426 e. The minimum atomic E-state index is -0.390. The summed E-state index contributed by atoms with van der Waals surface area (Å²) >= 11 is 6.44. The van der Waals surface area contributed by atoms with Gasteiger partial charge < -0.3 is 15.5 Å². The second kappa shape index (κ2) is 7.13. The first-order valence-electron chi connectivity index (χ1n) is 8.38. The van der Waals surface area contributed by atoms with Crippen LogP contribution in [0.5, 0.6) is 11.8 Å². The number of hydrogen-bond acceptors (Lipinski definition) is 3. The number of carbonyl (C=O) groups is 1. The fourth-order valence-corrected chi connectivity index (χ4v) is 3.20. The summed E-state index contributed by atoms with van der Waals surface area (Å²) in [4.78, 5) is 18.7. The lowest BCUT2D eigenvalue weighted by Gasteiger charge is -2.03. The van der Waals surface area contributed by atoms with Crippen LogP contribution in [-0.2, 0) is 11.2 Å². The number of carbonyl (C=O) groups excluding carboxylic acids is 1. The molecule has 1 amide bonds. The highest BCUT2D eigenvalue weighted by atomic mass is 35.5. The summed E-state index contributed by atoms with van der Waals surface area (Å²) in [5.74, 6) is 0.182. The van der Waals surface area contributed by atoms with Gasteiger partial charge >= 0.3 is 0 Å². The number of nitrogens with zero attached hydrogens (tertiary/aromatic N) is 1. The fraction of sp³-hybridized carbons (Fsp3) is 0.0476. The predicted molar refractivity (Wildman–Crippen MR) is 106 cm³/mol. The van der Waals surface area contributed by atoms with Gasteiger partial charge in [-0.15, -0.1) is 0 Å². The van der Waals surface area contributed by atoms with Crippen LogP contribution < -0.4 is 10.5 Å². The van der Waals surface area contributed by atoms with Gasteiger partial charge in [-0.2, -0.15) is 4.98 Å². The van der Waals surface area contributed by atoms with Crippen molar-refractivity contribution in [2.45, 2.75) is 6.42 Å². The number of aromatic nitrogens is 2. The molecule has 0 atom stereocenters. The number of H-pyrrole nitrogens is 1. The number of aromatic amines is 1. The summed E-state index contributed by atoms with van der Waals surface area (Å²) < 4.78 is 5.81. The highest BCUT2D eigenvalue weighted by Crippen LogP contribution is 2.32. The van der Waals surface area contributed by atoms with Gasteiger partial charge in [0.25, 0.3) is 6.01 Å². The van der Waals surface area contributed by atoms with E-state index in [1.165, 1.54) is 0 Å². The molecule has 0 spiro atoms. The third-order valence-electron chi connectivity index (χ3n) is 4.13. The molecule has 0 aliphatic heterocycles. The number of fused-ring (bicyclic) bond motifs is 1. The number of ether oxygens (including phenoxy) is 1. The number of nitrogens with two attached hydrogens (primary N) is 1. The Bertz CT molecular complexity index is 1120. The highest BCUT2D eigenvalue weighted by molar-refractivity contribution is 6.34. The quantitative estimate of drug-likeness (QED) is 0.528. The molecule has 0 aliphatic carbocycles. The van der Waals surface area contributed by atoms with Crippen molar-refractivity contribution < 1.29 is 9.53 Å². The van der Waals surface area contributed by atoms with Crippen LogP contribution in [0.3, 0.4) is 0 Å². The largest absolute Gasteiger partial charge is 0.426 e. The Morgan fingerprint density at radius 2 is 1.89 bits per heavy atom. The van der Waals surface area contributed by atoms with E-state index in [0.29, 0.717) is 16.8 Å². The van der Waals surface area contributed by atoms with Crippen molar-refractivity contribution in [3.63, 3.8) is 0 Å². The van der Waals surface area contributed by atoms with E-state index in [-0.39, 0.29) is 12.3 Å². The van der Waals surface area contributed by atoms with Crippen molar-refractivity contribution in [2.24, 2.45) is 5.73 Å². The van der Waals surface area contributed by atoms with Gasteiger partial charge in [0.2, 0.25) is 5.91 Å². The van der Waals surface area contributed by atoms with Crippen LogP contribution in [0.4, 0.5) is 0 Å². The molecule has 4 rings (SSSR count). The standard InChI is InChI=1S/C21H16ClN3O2/c22-17-12-19-18(11-16(17)14-6-2-1-3-7-14)24-21(25-19)27-15-8-4-5-13(9-15)10-20(23)26/h1-9,11-12H,10H2,(H2,23,26)(H,24,25). The number of rotatable bonds is 5. The van der Waals surface area contributed by atoms with Crippen LogP contribution in [0.15, 0.2) is 66.7 Å². The zero-order chi connectivity index (χ0) is 18.8. The van der Waals surface area contributed by atoms with Crippen LogP contribution in [-0.4, -0.2) is 15.9 Å². The van der Waals surface area contributed by atoms with E-state index in [9.17, 15) is 4.79 Å². The number of imidazole rings is 1. The summed E-state index contributed by atoms with van der Waals surface area (Å²) in [6.07, 6.45) is 0.160.